The minimum absolute atomic E-state index is 0.727. The number of aryl methyl sites for hydroxylation is 1. The first kappa shape index (κ1) is 21.5. The molecule has 0 spiro atoms. The molecule has 3 heterocycles. The van der Waals surface area contributed by atoms with Crippen LogP contribution in [0.4, 0.5) is 0 Å². The average molecular weight is 448 g/mol. The number of rotatable bonds is 8. The first-order valence-electron chi connectivity index (χ1n) is 11.3. The van der Waals surface area contributed by atoms with E-state index in [-0.39, 0.29) is 0 Å². The number of allylic oxidation sites excluding steroid dienone is 5. The van der Waals surface area contributed by atoms with Crippen LogP contribution in [-0.4, -0.2) is 34.5 Å². The van der Waals surface area contributed by atoms with Crippen molar-refractivity contribution in [2.45, 2.75) is 26.2 Å². The number of para-hydroxylation sites is 3. The standard InChI is InChI=1S/C27H25N7/c1-3-10-20(11-4-2)12-9-17-26-28-18-25(34-24-16-8-6-14-22(24)31-32-34)27(30-26)33-19-29-21-13-5-7-15-23(21)33/h3-8,10-11,13-16,18-19H,1,9,12,17H2,2H3/b11-4-,20-10+. The summed E-state index contributed by atoms with van der Waals surface area (Å²) in [5, 5.41) is 8.72. The van der Waals surface area contributed by atoms with Gasteiger partial charge in [0, 0.05) is 6.42 Å². The van der Waals surface area contributed by atoms with E-state index in [1.165, 1.54) is 5.57 Å². The van der Waals surface area contributed by atoms with Crippen molar-refractivity contribution >= 4 is 22.1 Å². The van der Waals surface area contributed by atoms with Gasteiger partial charge < -0.3 is 0 Å². The van der Waals surface area contributed by atoms with Gasteiger partial charge >= 0.3 is 0 Å². The molecule has 0 aliphatic heterocycles. The zero-order valence-corrected chi connectivity index (χ0v) is 19.0. The molecular weight excluding hydrogens is 422 g/mol. The van der Waals surface area contributed by atoms with Crippen molar-refractivity contribution in [1.82, 2.24) is 34.5 Å². The fourth-order valence-electron chi connectivity index (χ4n) is 4.06. The van der Waals surface area contributed by atoms with Crippen LogP contribution < -0.4 is 0 Å². The van der Waals surface area contributed by atoms with E-state index in [1.54, 1.807) is 11.0 Å². The number of imidazole rings is 1. The predicted octanol–water partition coefficient (Wildman–Crippen LogP) is 5.56. The Morgan fingerprint density at radius 3 is 2.62 bits per heavy atom. The molecule has 0 fully saturated rings. The monoisotopic (exact) mass is 447 g/mol. The van der Waals surface area contributed by atoms with E-state index in [2.05, 4.69) is 32.9 Å². The first-order chi connectivity index (χ1) is 16.8. The number of hydrogen-bond donors (Lipinski definition) is 0. The van der Waals surface area contributed by atoms with Gasteiger partial charge in [-0.2, -0.15) is 0 Å². The second-order valence-corrected chi connectivity index (χ2v) is 7.92. The first-order valence-corrected chi connectivity index (χ1v) is 11.3. The fraction of sp³-hybridized carbons (Fsp3) is 0.148. The Morgan fingerprint density at radius 2 is 1.79 bits per heavy atom. The van der Waals surface area contributed by atoms with Gasteiger partial charge in [0.15, 0.2) is 5.82 Å². The highest BCUT2D eigenvalue weighted by atomic mass is 15.4. The Labute approximate surface area is 197 Å². The molecule has 0 atom stereocenters. The molecule has 0 saturated heterocycles. The molecule has 0 unspecified atom stereocenters. The molecule has 168 valence electrons. The third-order valence-electron chi connectivity index (χ3n) is 5.64. The second-order valence-electron chi connectivity index (χ2n) is 7.92. The van der Waals surface area contributed by atoms with Gasteiger partial charge in [-0.15, -0.1) is 5.10 Å². The van der Waals surface area contributed by atoms with Gasteiger partial charge in [-0.25, -0.2) is 19.6 Å². The van der Waals surface area contributed by atoms with Crippen LogP contribution in [-0.2, 0) is 6.42 Å². The van der Waals surface area contributed by atoms with Gasteiger partial charge in [-0.1, -0.05) is 60.4 Å². The van der Waals surface area contributed by atoms with Crippen molar-refractivity contribution in [2.75, 3.05) is 0 Å². The summed E-state index contributed by atoms with van der Waals surface area (Å²) in [7, 11) is 0. The van der Waals surface area contributed by atoms with Crippen LogP contribution >= 0.6 is 0 Å². The minimum Gasteiger partial charge on any atom is -0.281 e. The molecule has 2 aromatic carbocycles. The summed E-state index contributed by atoms with van der Waals surface area (Å²) in [6.45, 7) is 5.83. The van der Waals surface area contributed by atoms with E-state index in [0.717, 1.165) is 58.7 Å². The summed E-state index contributed by atoms with van der Waals surface area (Å²) in [5.41, 5.74) is 5.59. The number of aromatic nitrogens is 7. The number of benzene rings is 2. The van der Waals surface area contributed by atoms with Crippen molar-refractivity contribution in [1.29, 1.82) is 0 Å². The Bertz CT molecular complexity index is 1520. The van der Waals surface area contributed by atoms with Crippen molar-refractivity contribution in [3.63, 3.8) is 0 Å². The highest BCUT2D eigenvalue weighted by molar-refractivity contribution is 5.79. The molecule has 0 aliphatic carbocycles. The molecule has 7 nitrogen and oxygen atoms in total. The van der Waals surface area contributed by atoms with E-state index in [9.17, 15) is 0 Å². The van der Waals surface area contributed by atoms with Crippen LogP contribution in [0.1, 0.15) is 25.6 Å². The van der Waals surface area contributed by atoms with Gasteiger partial charge in [0.25, 0.3) is 0 Å². The largest absolute Gasteiger partial charge is 0.281 e. The lowest BCUT2D eigenvalue weighted by Gasteiger charge is -2.12. The van der Waals surface area contributed by atoms with E-state index < -0.39 is 0 Å². The molecule has 7 heteroatoms. The molecule has 0 bridgehead atoms. The fourth-order valence-corrected chi connectivity index (χ4v) is 4.06. The van der Waals surface area contributed by atoms with Crippen molar-refractivity contribution in [3.8, 4) is 11.5 Å². The molecule has 0 aliphatic rings. The van der Waals surface area contributed by atoms with Crippen LogP contribution in [0.25, 0.3) is 33.6 Å². The number of nitrogens with zero attached hydrogens (tertiary/aromatic N) is 7. The maximum atomic E-state index is 4.98. The molecule has 3 aromatic heterocycles. The van der Waals surface area contributed by atoms with Crippen LogP contribution in [0.5, 0.6) is 0 Å². The quantitative estimate of drug-likeness (QED) is 0.291. The number of hydrogen-bond acceptors (Lipinski definition) is 5. The van der Waals surface area contributed by atoms with Crippen LogP contribution in [0.3, 0.4) is 0 Å². The third kappa shape index (κ3) is 4.15. The Balaban J connectivity index is 1.56. The summed E-state index contributed by atoms with van der Waals surface area (Å²) >= 11 is 0. The maximum Gasteiger partial charge on any atom is 0.168 e. The van der Waals surface area contributed by atoms with Gasteiger partial charge in [-0.05, 0) is 49.6 Å². The molecule has 0 amide bonds. The Kier molecular flexibility index (Phi) is 6.07. The lowest BCUT2D eigenvalue weighted by molar-refractivity contribution is 0.748. The summed E-state index contributed by atoms with van der Waals surface area (Å²) in [5.74, 6) is 1.50. The Hall–Kier alpha value is -4.39. The maximum absolute atomic E-state index is 4.98. The lowest BCUT2D eigenvalue weighted by atomic mass is 10.1. The molecule has 0 saturated carbocycles. The molecule has 5 aromatic rings. The topological polar surface area (TPSA) is 74.3 Å². The van der Waals surface area contributed by atoms with E-state index >= 15 is 0 Å². The van der Waals surface area contributed by atoms with Gasteiger partial charge in [0.2, 0.25) is 0 Å². The molecule has 0 N–H and O–H groups in total. The van der Waals surface area contributed by atoms with Crippen molar-refractivity contribution in [3.05, 3.63) is 103 Å². The zero-order valence-electron chi connectivity index (χ0n) is 19.0. The van der Waals surface area contributed by atoms with E-state index in [1.807, 2.05) is 84.4 Å². The van der Waals surface area contributed by atoms with E-state index in [4.69, 9.17) is 4.98 Å². The van der Waals surface area contributed by atoms with Crippen LogP contribution in [0.2, 0.25) is 0 Å². The van der Waals surface area contributed by atoms with Crippen molar-refractivity contribution < 1.29 is 0 Å². The predicted molar refractivity (Wildman–Crippen MR) is 135 cm³/mol. The average Bonchev–Trinajstić information content (AvgIpc) is 3.49. The van der Waals surface area contributed by atoms with Crippen molar-refractivity contribution in [2.24, 2.45) is 0 Å². The smallest absolute Gasteiger partial charge is 0.168 e. The van der Waals surface area contributed by atoms with Crippen LogP contribution in [0, 0.1) is 0 Å². The number of fused-ring (bicyclic) bond motifs is 2. The summed E-state index contributed by atoms with van der Waals surface area (Å²) < 4.78 is 3.79. The molecule has 0 radical (unpaired) electrons. The van der Waals surface area contributed by atoms with Crippen LogP contribution in [0.15, 0.2) is 97.5 Å². The third-order valence-corrected chi connectivity index (χ3v) is 5.64. The lowest BCUT2D eigenvalue weighted by Crippen LogP contribution is -2.10. The summed E-state index contributed by atoms with van der Waals surface area (Å²) in [4.78, 5) is 14.2. The summed E-state index contributed by atoms with van der Waals surface area (Å²) in [6, 6.07) is 15.9. The Morgan fingerprint density at radius 1 is 1.00 bits per heavy atom. The highest BCUT2D eigenvalue weighted by Crippen LogP contribution is 2.24. The molecule has 34 heavy (non-hydrogen) atoms. The van der Waals surface area contributed by atoms with Gasteiger partial charge in [-0.3, -0.25) is 4.57 Å². The SMILES string of the molecule is C=C/C=C(\C=C/C)CCCc1ncc(-n2nnc3ccccc32)c(-n2cnc3ccccc32)n1. The zero-order chi connectivity index (χ0) is 23.3. The van der Waals surface area contributed by atoms with Gasteiger partial charge in [0.05, 0.1) is 22.7 Å². The second kappa shape index (κ2) is 9.62. The highest BCUT2D eigenvalue weighted by Gasteiger charge is 2.17. The summed E-state index contributed by atoms with van der Waals surface area (Å²) in [6.07, 6.45) is 14.3. The normalized spacial score (nSPS) is 12.2. The molecule has 5 rings (SSSR count). The minimum atomic E-state index is 0.727. The van der Waals surface area contributed by atoms with E-state index in [0.29, 0.717) is 0 Å². The molecular formula is C27H25N7. The van der Waals surface area contributed by atoms with Gasteiger partial charge in [0.1, 0.15) is 23.4 Å².